The van der Waals surface area contributed by atoms with Crippen LogP contribution < -0.4 is 11.3 Å². The molecule has 2 heterocycles. The van der Waals surface area contributed by atoms with Crippen LogP contribution in [0.2, 0.25) is 0 Å². The van der Waals surface area contributed by atoms with Crippen LogP contribution in [-0.2, 0) is 0 Å². The summed E-state index contributed by atoms with van der Waals surface area (Å²) in [6.07, 6.45) is 3.37. The Bertz CT molecular complexity index is 546. The highest BCUT2D eigenvalue weighted by molar-refractivity contribution is 5.65. The number of aryl methyl sites for hydroxylation is 1. The van der Waals surface area contributed by atoms with Crippen molar-refractivity contribution < 1.29 is 0 Å². The number of aromatic nitrogens is 2. The number of nitrogens with zero attached hydrogens (tertiary/aromatic N) is 1. The smallest absolute Gasteiger partial charge is 0.271 e. The second kappa shape index (κ2) is 3.57. The topological polar surface area (TPSA) is 71.8 Å². The SMILES string of the molecule is Cc1cc(-c2c[nH]c(=O)c(N)c2)ccn1. The Kier molecular flexibility index (Phi) is 2.25. The summed E-state index contributed by atoms with van der Waals surface area (Å²) in [7, 11) is 0. The van der Waals surface area contributed by atoms with Gasteiger partial charge in [0, 0.05) is 23.7 Å². The van der Waals surface area contributed by atoms with Crippen molar-refractivity contribution in [1.29, 1.82) is 0 Å². The van der Waals surface area contributed by atoms with E-state index >= 15 is 0 Å². The van der Waals surface area contributed by atoms with E-state index in [1.165, 1.54) is 0 Å². The second-order valence-electron chi connectivity index (χ2n) is 3.36. The first-order valence-electron chi connectivity index (χ1n) is 4.58. The lowest BCUT2D eigenvalue weighted by atomic mass is 10.1. The van der Waals surface area contributed by atoms with E-state index in [1.807, 2.05) is 19.1 Å². The molecule has 2 aromatic rings. The molecule has 4 nitrogen and oxygen atoms in total. The molecule has 0 aliphatic heterocycles. The Morgan fingerprint density at radius 1 is 1.33 bits per heavy atom. The van der Waals surface area contributed by atoms with E-state index in [9.17, 15) is 4.79 Å². The van der Waals surface area contributed by atoms with Crippen molar-refractivity contribution in [2.45, 2.75) is 6.92 Å². The minimum absolute atomic E-state index is 0.224. The summed E-state index contributed by atoms with van der Waals surface area (Å²) in [4.78, 5) is 17.8. The highest BCUT2D eigenvalue weighted by atomic mass is 16.1. The van der Waals surface area contributed by atoms with Gasteiger partial charge < -0.3 is 10.7 Å². The Labute approximate surface area is 86.8 Å². The van der Waals surface area contributed by atoms with Gasteiger partial charge in [0.05, 0.1) is 5.69 Å². The minimum atomic E-state index is -0.260. The molecule has 0 spiro atoms. The van der Waals surface area contributed by atoms with Gasteiger partial charge in [-0.3, -0.25) is 9.78 Å². The first kappa shape index (κ1) is 9.45. The fraction of sp³-hybridized carbons (Fsp3) is 0.0909. The normalized spacial score (nSPS) is 10.2. The Morgan fingerprint density at radius 2 is 2.13 bits per heavy atom. The van der Waals surface area contributed by atoms with E-state index in [4.69, 9.17) is 5.73 Å². The molecule has 4 heteroatoms. The molecule has 2 aromatic heterocycles. The predicted molar refractivity (Wildman–Crippen MR) is 59.4 cm³/mol. The van der Waals surface area contributed by atoms with Crippen molar-refractivity contribution in [3.8, 4) is 11.1 Å². The molecule has 0 unspecified atom stereocenters. The third-order valence-electron chi connectivity index (χ3n) is 2.16. The van der Waals surface area contributed by atoms with Gasteiger partial charge in [0.25, 0.3) is 5.56 Å². The van der Waals surface area contributed by atoms with E-state index < -0.39 is 0 Å². The quantitative estimate of drug-likeness (QED) is 0.731. The van der Waals surface area contributed by atoms with Crippen LogP contribution in [0.1, 0.15) is 5.69 Å². The fourth-order valence-electron chi connectivity index (χ4n) is 1.39. The maximum Gasteiger partial charge on any atom is 0.271 e. The highest BCUT2D eigenvalue weighted by Crippen LogP contribution is 2.18. The number of hydrogen-bond acceptors (Lipinski definition) is 3. The molecule has 0 aliphatic carbocycles. The van der Waals surface area contributed by atoms with Gasteiger partial charge in [-0.2, -0.15) is 0 Å². The van der Waals surface area contributed by atoms with Gasteiger partial charge in [0.15, 0.2) is 0 Å². The van der Waals surface area contributed by atoms with E-state index in [0.29, 0.717) is 0 Å². The lowest BCUT2D eigenvalue weighted by Crippen LogP contribution is -2.10. The lowest BCUT2D eigenvalue weighted by molar-refractivity contribution is 1.20. The van der Waals surface area contributed by atoms with Crippen LogP contribution in [0.3, 0.4) is 0 Å². The third-order valence-corrected chi connectivity index (χ3v) is 2.16. The molecule has 0 fully saturated rings. The summed E-state index contributed by atoms with van der Waals surface area (Å²) in [5, 5.41) is 0. The van der Waals surface area contributed by atoms with Crippen molar-refractivity contribution in [1.82, 2.24) is 9.97 Å². The van der Waals surface area contributed by atoms with Crippen LogP contribution in [0.4, 0.5) is 5.69 Å². The van der Waals surface area contributed by atoms with Gasteiger partial charge in [-0.15, -0.1) is 0 Å². The highest BCUT2D eigenvalue weighted by Gasteiger charge is 2.00. The zero-order valence-electron chi connectivity index (χ0n) is 8.32. The van der Waals surface area contributed by atoms with E-state index in [1.54, 1.807) is 18.5 Å². The van der Waals surface area contributed by atoms with Crippen LogP contribution >= 0.6 is 0 Å². The molecular weight excluding hydrogens is 190 g/mol. The number of anilines is 1. The zero-order chi connectivity index (χ0) is 10.8. The molecule has 2 rings (SSSR count). The van der Waals surface area contributed by atoms with E-state index in [2.05, 4.69) is 9.97 Å². The van der Waals surface area contributed by atoms with E-state index in [0.717, 1.165) is 16.8 Å². The average molecular weight is 201 g/mol. The molecule has 0 saturated carbocycles. The summed E-state index contributed by atoms with van der Waals surface area (Å²) in [6, 6.07) is 5.47. The monoisotopic (exact) mass is 201 g/mol. The van der Waals surface area contributed by atoms with Crippen molar-refractivity contribution in [2.75, 3.05) is 5.73 Å². The molecule has 0 aliphatic rings. The van der Waals surface area contributed by atoms with Gasteiger partial charge in [-0.1, -0.05) is 0 Å². The molecule has 0 amide bonds. The summed E-state index contributed by atoms with van der Waals surface area (Å²) in [5.41, 5.74) is 8.31. The minimum Gasteiger partial charge on any atom is -0.394 e. The Morgan fingerprint density at radius 3 is 2.80 bits per heavy atom. The predicted octanol–water partition coefficient (Wildman–Crippen LogP) is 1.33. The van der Waals surface area contributed by atoms with Gasteiger partial charge in [0.2, 0.25) is 0 Å². The Balaban J connectivity index is 2.55. The van der Waals surface area contributed by atoms with Gasteiger partial charge >= 0.3 is 0 Å². The summed E-state index contributed by atoms with van der Waals surface area (Å²) >= 11 is 0. The lowest BCUT2D eigenvalue weighted by Gasteiger charge is -2.02. The van der Waals surface area contributed by atoms with Gasteiger partial charge in [-0.05, 0) is 30.7 Å². The fourth-order valence-corrected chi connectivity index (χ4v) is 1.39. The second-order valence-corrected chi connectivity index (χ2v) is 3.36. The van der Waals surface area contributed by atoms with Crippen LogP contribution in [0, 0.1) is 6.92 Å². The largest absolute Gasteiger partial charge is 0.394 e. The zero-order valence-corrected chi connectivity index (χ0v) is 8.32. The van der Waals surface area contributed by atoms with Crippen molar-refractivity contribution in [3.63, 3.8) is 0 Å². The number of nitrogens with one attached hydrogen (secondary N) is 1. The summed E-state index contributed by atoms with van der Waals surface area (Å²) in [6.45, 7) is 1.92. The third kappa shape index (κ3) is 1.88. The van der Waals surface area contributed by atoms with Crippen molar-refractivity contribution in [2.24, 2.45) is 0 Å². The summed E-state index contributed by atoms with van der Waals surface area (Å²) in [5.74, 6) is 0. The van der Waals surface area contributed by atoms with Crippen molar-refractivity contribution in [3.05, 3.63) is 46.6 Å². The molecule has 3 N–H and O–H groups in total. The maximum absolute atomic E-state index is 11.1. The molecule has 0 bridgehead atoms. The molecule has 15 heavy (non-hydrogen) atoms. The molecule has 76 valence electrons. The number of nitrogens with two attached hydrogens (primary N) is 1. The number of aromatic amines is 1. The molecular formula is C11H11N3O. The van der Waals surface area contributed by atoms with Crippen LogP contribution in [-0.4, -0.2) is 9.97 Å². The summed E-state index contributed by atoms with van der Waals surface area (Å²) < 4.78 is 0. The molecule has 0 radical (unpaired) electrons. The van der Waals surface area contributed by atoms with Gasteiger partial charge in [0.1, 0.15) is 0 Å². The van der Waals surface area contributed by atoms with Crippen LogP contribution in [0.5, 0.6) is 0 Å². The van der Waals surface area contributed by atoms with Crippen LogP contribution in [0.25, 0.3) is 11.1 Å². The number of hydrogen-bond donors (Lipinski definition) is 2. The molecule has 0 atom stereocenters. The van der Waals surface area contributed by atoms with Crippen molar-refractivity contribution >= 4 is 5.69 Å². The number of rotatable bonds is 1. The Hall–Kier alpha value is -2.10. The number of pyridine rings is 2. The first-order chi connectivity index (χ1) is 7.16. The molecule has 0 aromatic carbocycles. The maximum atomic E-state index is 11.1. The van der Waals surface area contributed by atoms with Gasteiger partial charge in [-0.25, -0.2) is 0 Å². The standard InChI is InChI=1S/C11H11N3O/c1-7-4-8(2-3-13-7)9-5-10(12)11(15)14-6-9/h2-6H,12H2,1H3,(H,14,15). The van der Waals surface area contributed by atoms with E-state index in [-0.39, 0.29) is 11.2 Å². The number of H-pyrrole nitrogens is 1. The number of nitrogen functional groups attached to an aromatic ring is 1. The first-order valence-corrected chi connectivity index (χ1v) is 4.58. The average Bonchev–Trinajstić information content (AvgIpc) is 2.22. The van der Waals surface area contributed by atoms with Crippen LogP contribution in [0.15, 0.2) is 35.4 Å². The molecule has 0 saturated heterocycles.